The predicted octanol–water partition coefficient (Wildman–Crippen LogP) is 1.59. The smallest absolute Gasteiger partial charge is 0.308 e. The van der Waals surface area contributed by atoms with E-state index < -0.39 is 17.9 Å². The number of benzene rings is 1. The van der Waals surface area contributed by atoms with Gasteiger partial charge >= 0.3 is 5.97 Å². The molecule has 1 aromatic carbocycles. The number of hydrogen-bond donors (Lipinski definition) is 2. The molecule has 2 atom stereocenters. The first-order chi connectivity index (χ1) is 11.9. The first-order valence-corrected chi connectivity index (χ1v) is 8.41. The van der Waals surface area contributed by atoms with Gasteiger partial charge in [0.2, 0.25) is 11.8 Å². The van der Waals surface area contributed by atoms with Crippen molar-refractivity contribution < 1.29 is 24.2 Å². The minimum atomic E-state index is -0.879. The maximum absolute atomic E-state index is 12.6. The average molecular weight is 348 g/mol. The van der Waals surface area contributed by atoms with Crippen LogP contribution >= 0.6 is 0 Å². The monoisotopic (exact) mass is 348 g/mol. The third-order valence-corrected chi connectivity index (χ3v) is 4.24. The number of para-hydroxylation sites is 1. The number of aliphatic carboxylic acids is 1. The highest BCUT2D eigenvalue weighted by Crippen LogP contribution is 2.29. The van der Waals surface area contributed by atoms with Gasteiger partial charge < -0.3 is 20.1 Å². The fraction of sp³-hybridized carbons (Fsp3) is 0.500. The molecule has 0 bridgehead atoms. The van der Waals surface area contributed by atoms with E-state index in [0.717, 1.165) is 5.56 Å². The molecule has 0 aliphatic carbocycles. The largest absolute Gasteiger partial charge is 0.494 e. The Labute approximate surface area is 147 Å². The van der Waals surface area contributed by atoms with Gasteiger partial charge in [0.15, 0.2) is 0 Å². The van der Waals surface area contributed by atoms with Crippen molar-refractivity contribution >= 4 is 17.8 Å². The third-order valence-electron chi connectivity index (χ3n) is 4.24. The number of carboxylic acid groups (broad SMARTS) is 1. The van der Waals surface area contributed by atoms with Crippen molar-refractivity contribution in [3.63, 3.8) is 0 Å². The van der Waals surface area contributed by atoms with Crippen molar-refractivity contribution in [2.75, 3.05) is 19.7 Å². The van der Waals surface area contributed by atoms with Gasteiger partial charge in [-0.05, 0) is 19.4 Å². The Morgan fingerprint density at radius 1 is 1.36 bits per heavy atom. The highest BCUT2D eigenvalue weighted by molar-refractivity contribution is 5.81. The molecular formula is C18H24N2O5. The SMILES string of the molecule is CCOc1ccccc1[C@H](CC(=O)N1CC[C@@H](C(=O)O)C1)NC(C)=O. The fourth-order valence-electron chi connectivity index (χ4n) is 3.03. The predicted molar refractivity (Wildman–Crippen MR) is 91.1 cm³/mol. The molecule has 1 fully saturated rings. The second-order valence-corrected chi connectivity index (χ2v) is 6.09. The summed E-state index contributed by atoms with van der Waals surface area (Å²) in [5.41, 5.74) is 0.738. The van der Waals surface area contributed by atoms with E-state index in [1.54, 1.807) is 11.0 Å². The molecule has 25 heavy (non-hydrogen) atoms. The van der Waals surface area contributed by atoms with Crippen LogP contribution in [0, 0.1) is 5.92 Å². The molecule has 1 saturated heterocycles. The van der Waals surface area contributed by atoms with Gasteiger partial charge in [-0.25, -0.2) is 0 Å². The molecule has 0 spiro atoms. The van der Waals surface area contributed by atoms with Crippen molar-refractivity contribution in [2.45, 2.75) is 32.7 Å². The van der Waals surface area contributed by atoms with Crippen molar-refractivity contribution in [3.8, 4) is 5.75 Å². The summed E-state index contributed by atoms with van der Waals surface area (Å²) in [6.45, 7) is 4.39. The van der Waals surface area contributed by atoms with Crippen LogP contribution in [0.5, 0.6) is 5.75 Å². The number of rotatable bonds is 7. The van der Waals surface area contributed by atoms with E-state index in [1.807, 2.05) is 25.1 Å². The summed E-state index contributed by atoms with van der Waals surface area (Å²) in [7, 11) is 0. The highest BCUT2D eigenvalue weighted by atomic mass is 16.5. The van der Waals surface area contributed by atoms with Gasteiger partial charge in [0.1, 0.15) is 5.75 Å². The number of nitrogens with one attached hydrogen (secondary N) is 1. The molecule has 1 aromatic rings. The molecule has 2 amide bonds. The maximum Gasteiger partial charge on any atom is 0.308 e. The van der Waals surface area contributed by atoms with E-state index >= 15 is 0 Å². The van der Waals surface area contributed by atoms with E-state index in [-0.39, 0.29) is 24.8 Å². The second-order valence-electron chi connectivity index (χ2n) is 6.09. The summed E-state index contributed by atoms with van der Waals surface area (Å²) in [6, 6.07) is 6.76. The van der Waals surface area contributed by atoms with Crippen molar-refractivity contribution in [2.24, 2.45) is 5.92 Å². The van der Waals surface area contributed by atoms with Crippen LogP contribution in [-0.4, -0.2) is 47.5 Å². The molecule has 7 nitrogen and oxygen atoms in total. The Kier molecular flexibility index (Phi) is 6.38. The zero-order valence-electron chi connectivity index (χ0n) is 14.5. The maximum atomic E-state index is 12.6. The molecule has 1 aliphatic heterocycles. The number of hydrogen-bond acceptors (Lipinski definition) is 4. The summed E-state index contributed by atoms with van der Waals surface area (Å²) < 4.78 is 5.60. The Morgan fingerprint density at radius 2 is 2.08 bits per heavy atom. The molecule has 0 aromatic heterocycles. The molecule has 0 unspecified atom stereocenters. The molecule has 0 radical (unpaired) electrons. The van der Waals surface area contributed by atoms with Gasteiger partial charge in [-0.3, -0.25) is 14.4 Å². The van der Waals surface area contributed by atoms with Crippen LogP contribution in [0.1, 0.15) is 38.3 Å². The quantitative estimate of drug-likeness (QED) is 0.780. The van der Waals surface area contributed by atoms with Gasteiger partial charge in [-0.15, -0.1) is 0 Å². The molecule has 0 saturated carbocycles. The van der Waals surface area contributed by atoms with Crippen LogP contribution in [0.25, 0.3) is 0 Å². The molecule has 1 heterocycles. The van der Waals surface area contributed by atoms with E-state index in [1.165, 1.54) is 6.92 Å². The fourth-order valence-corrected chi connectivity index (χ4v) is 3.03. The minimum Gasteiger partial charge on any atom is -0.494 e. The zero-order valence-corrected chi connectivity index (χ0v) is 14.5. The van der Waals surface area contributed by atoms with Crippen LogP contribution in [0.15, 0.2) is 24.3 Å². The van der Waals surface area contributed by atoms with E-state index in [4.69, 9.17) is 9.84 Å². The molecule has 2 N–H and O–H groups in total. The normalized spacial score (nSPS) is 17.8. The Hall–Kier alpha value is -2.57. The lowest BCUT2D eigenvalue weighted by molar-refractivity contribution is -0.141. The lowest BCUT2D eigenvalue weighted by atomic mass is 10.0. The summed E-state index contributed by atoms with van der Waals surface area (Å²) >= 11 is 0. The first-order valence-electron chi connectivity index (χ1n) is 8.41. The summed E-state index contributed by atoms with van der Waals surface area (Å²) in [4.78, 5) is 36.8. The second kappa shape index (κ2) is 8.50. The molecule has 1 aliphatic rings. The Bertz CT molecular complexity index is 646. The van der Waals surface area contributed by atoms with Crippen LogP contribution < -0.4 is 10.1 Å². The molecule has 7 heteroatoms. The minimum absolute atomic E-state index is 0.0655. The number of amides is 2. The topological polar surface area (TPSA) is 95.9 Å². The van der Waals surface area contributed by atoms with Gasteiger partial charge in [0, 0.05) is 25.6 Å². The number of ether oxygens (including phenoxy) is 1. The first kappa shape index (κ1) is 18.8. The van der Waals surface area contributed by atoms with Crippen LogP contribution in [0.2, 0.25) is 0 Å². The number of carbonyl (C=O) groups excluding carboxylic acids is 2. The standard InChI is InChI=1S/C18H24N2O5/c1-3-25-16-7-5-4-6-14(16)15(19-12(2)21)10-17(22)20-9-8-13(11-20)18(23)24/h4-7,13,15H,3,8-11H2,1-2H3,(H,19,21)(H,23,24)/t13-,15+/m1/s1. The Morgan fingerprint density at radius 3 is 2.68 bits per heavy atom. The molecule has 2 rings (SSSR count). The van der Waals surface area contributed by atoms with Crippen LogP contribution in [0.3, 0.4) is 0 Å². The van der Waals surface area contributed by atoms with Crippen molar-refractivity contribution in [1.29, 1.82) is 0 Å². The lowest BCUT2D eigenvalue weighted by Crippen LogP contribution is -2.35. The highest BCUT2D eigenvalue weighted by Gasteiger charge is 2.32. The zero-order chi connectivity index (χ0) is 18.4. The van der Waals surface area contributed by atoms with Crippen LogP contribution in [0.4, 0.5) is 0 Å². The van der Waals surface area contributed by atoms with Crippen molar-refractivity contribution in [3.05, 3.63) is 29.8 Å². The number of carboxylic acids is 1. The van der Waals surface area contributed by atoms with Gasteiger partial charge in [-0.2, -0.15) is 0 Å². The van der Waals surface area contributed by atoms with Crippen molar-refractivity contribution in [1.82, 2.24) is 10.2 Å². The lowest BCUT2D eigenvalue weighted by Gasteiger charge is -2.23. The molecular weight excluding hydrogens is 324 g/mol. The van der Waals surface area contributed by atoms with E-state index in [9.17, 15) is 14.4 Å². The summed E-state index contributed by atoms with van der Waals surface area (Å²) in [5, 5.41) is 11.9. The number of likely N-dealkylation sites (tertiary alicyclic amines) is 1. The molecule has 136 valence electrons. The van der Waals surface area contributed by atoms with E-state index in [0.29, 0.717) is 25.3 Å². The summed E-state index contributed by atoms with van der Waals surface area (Å²) in [5.74, 6) is -1.18. The van der Waals surface area contributed by atoms with E-state index in [2.05, 4.69) is 5.32 Å². The third kappa shape index (κ3) is 4.95. The van der Waals surface area contributed by atoms with Gasteiger partial charge in [-0.1, -0.05) is 18.2 Å². The number of carbonyl (C=O) groups is 3. The van der Waals surface area contributed by atoms with Gasteiger partial charge in [0.25, 0.3) is 0 Å². The van der Waals surface area contributed by atoms with Gasteiger partial charge in [0.05, 0.1) is 25.0 Å². The van der Waals surface area contributed by atoms with Crippen LogP contribution in [-0.2, 0) is 14.4 Å². The Balaban J connectivity index is 2.14. The average Bonchev–Trinajstić information content (AvgIpc) is 3.05. The number of nitrogens with zero attached hydrogens (tertiary/aromatic N) is 1. The summed E-state index contributed by atoms with van der Waals surface area (Å²) in [6.07, 6.45) is 0.525.